The van der Waals surface area contributed by atoms with Gasteiger partial charge in [0.05, 0.1) is 9.93 Å². The Bertz CT molecular complexity index is 913. The molecular formula is C18H11ClFNO3S2. The Kier molecular flexibility index (Phi) is 5.41. The van der Waals surface area contributed by atoms with Crippen LogP contribution < -0.4 is 0 Å². The molecule has 4 nitrogen and oxygen atoms in total. The van der Waals surface area contributed by atoms with Gasteiger partial charge in [-0.15, -0.1) is 0 Å². The van der Waals surface area contributed by atoms with Crippen molar-refractivity contribution < 1.29 is 19.1 Å². The molecule has 1 atom stereocenters. The summed E-state index contributed by atoms with van der Waals surface area (Å²) in [7, 11) is 0. The largest absolute Gasteiger partial charge is 0.479 e. The SMILES string of the molecule is O=C(O)[C@H](c1ccccc1)N1C(=O)/C(=C\c2c(F)cccc2Cl)SC1=S. The zero-order valence-corrected chi connectivity index (χ0v) is 15.4. The van der Waals surface area contributed by atoms with Crippen molar-refractivity contribution in [2.75, 3.05) is 0 Å². The van der Waals surface area contributed by atoms with E-state index in [1.807, 2.05) is 0 Å². The van der Waals surface area contributed by atoms with Crippen LogP contribution in [0.4, 0.5) is 4.39 Å². The van der Waals surface area contributed by atoms with Crippen LogP contribution in [0.5, 0.6) is 0 Å². The molecule has 1 saturated heterocycles. The van der Waals surface area contributed by atoms with Crippen LogP contribution in [-0.4, -0.2) is 26.2 Å². The quantitative estimate of drug-likeness (QED) is 0.597. The van der Waals surface area contributed by atoms with Crippen molar-refractivity contribution in [3.8, 4) is 0 Å². The van der Waals surface area contributed by atoms with Crippen molar-refractivity contribution in [3.05, 3.63) is 75.4 Å². The van der Waals surface area contributed by atoms with Crippen molar-refractivity contribution in [3.63, 3.8) is 0 Å². The summed E-state index contributed by atoms with van der Waals surface area (Å²) in [5.74, 6) is -2.39. The van der Waals surface area contributed by atoms with Crippen LogP contribution in [0.2, 0.25) is 5.02 Å². The van der Waals surface area contributed by atoms with Crippen molar-refractivity contribution in [2.24, 2.45) is 0 Å². The van der Waals surface area contributed by atoms with E-state index in [2.05, 4.69) is 0 Å². The molecular weight excluding hydrogens is 397 g/mol. The summed E-state index contributed by atoms with van der Waals surface area (Å²) < 4.78 is 14.1. The predicted octanol–water partition coefficient (Wildman–Crippen LogP) is 4.51. The van der Waals surface area contributed by atoms with Gasteiger partial charge in [0, 0.05) is 5.56 Å². The van der Waals surface area contributed by atoms with Crippen molar-refractivity contribution >= 4 is 57.9 Å². The van der Waals surface area contributed by atoms with Crippen LogP contribution in [0, 0.1) is 5.82 Å². The zero-order valence-electron chi connectivity index (χ0n) is 13.1. The maximum Gasteiger partial charge on any atom is 0.331 e. The number of hydrogen-bond acceptors (Lipinski definition) is 4. The predicted molar refractivity (Wildman–Crippen MR) is 103 cm³/mol. The highest BCUT2D eigenvalue weighted by Gasteiger charge is 2.41. The van der Waals surface area contributed by atoms with Crippen molar-refractivity contribution in [2.45, 2.75) is 6.04 Å². The summed E-state index contributed by atoms with van der Waals surface area (Å²) in [6, 6.07) is 11.2. The minimum Gasteiger partial charge on any atom is -0.479 e. The number of carbonyl (C=O) groups excluding carboxylic acids is 1. The normalized spacial score (nSPS) is 17.0. The van der Waals surface area contributed by atoms with E-state index in [0.29, 0.717) is 5.56 Å². The molecule has 1 fully saturated rings. The number of thioether (sulfide) groups is 1. The van der Waals surface area contributed by atoms with Gasteiger partial charge in [0.25, 0.3) is 5.91 Å². The van der Waals surface area contributed by atoms with Gasteiger partial charge in [0.15, 0.2) is 6.04 Å². The Morgan fingerprint density at radius 2 is 1.92 bits per heavy atom. The minimum absolute atomic E-state index is 0.0567. The molecule has 132 valence electrons. The molecule has 1 heterocycles. The Morgan fingerprint density at radius 3 is 2.54 bits per heavy atom. The summed E-state index contributed by atoms with van der Waals surface area (Å²) in [5.41, 5.74) is 0.475. The molecule has 2 aromatic carbocycles. The fraction of sp³-hybridized carbons (Fsp3) is 0.0556. The average molecular weight is 408 g/mol. The summed E-state index contributed by atoms with van der Waals surface area (Å²) in [6.45, 7) is 0. The lowest BCUT2D eigenvalue weighted by atomic mass is 10.1. The van der Waals surface area contributed by atoms with Crippen LogP contribution in [0.15, 0.2) is 53.4 Å². The number of aliphatic carboxylic acids is 1. The third kappa shape index (κ3) is 3.51. The molecule has 26 heavy (non-hydrogen) atoms. The fourth-order valence-corrected chi connectivity index (χ4v) is 4.03. The molecule has 8 heteroatoms. The van der Waals surface area contributed by atoms with Gasteiger partial charge in [-0.1, -0.05) is 72.0 Å². The number of carbonyl (C=O) groups is 2. The van der Waals surface area contributed by atoms with Crippen LogP contribution in [0.1, 0.15) is 17.2 Å². The molecule has 0 spiro atoms. The molecule has 1 N–H and O–H groups in total. The maximum absolute atomic E-state index is 14.0. The summed E-state index contributed by atoms with van der Waals surface area (Å²) >= 11 is 12.1. The lowest BCUT2D eigenvalue weighted by molar-refractivity contribution is -0.145. The van der Waals surface area contributed by atoms with Crippen molar-refractivity contribution in [1.82, 2.24) is 4.90 Å². The number of thiocarbonyl (C=S) groups is 1. The first-order chi connectivity index (χ1) is 12.4. The molecule has 0 aromatic heterocycles. The summed E-state index contributed by atoms with van der Waals surface area (Å²) in [4.78, 5) is 25.7. The van der Waals surface area contributed by atoms with Gasteiger partial charge in [-0.3, -0.25) is 9.69 Å². The number of hydrogen-bond donors (Lipinski definition) is 1. The first kappa shape index (κ1) is 18.6. The van der Waals surface area contributed by atoms with Gasteiger partial charge in [0.1, 0.15) is 10.1 Å². The Hall–Kier alpha value is -2.22. The zero-order chi connectivity index (χ0) is 18.8. The van der Waals surface area contributed by atoms with Crippen LogP contribution >= 0.6 is 35.6 Å². The van der Waals surface area contributed by atoms with E-state index in [-0.39, 0.29) is 19.8 Å². The highest BCUT2D eigenvalue weighted by atomic mass is 35.5. The van der Waals surface area contributed by atoms with E-state index in [4.69, 9.17) is 23.8 Å². The fourth-order valence-electron chi connectivity index (χ4n) is 2.52. The molecule has 3 rings (SSSR count). The van der Waals surface area contributed by atoms with Crippen molar-refractivity contribution in [1.29, 1.82) is 0 Å². The van der Waals surface area contributed by atoms with Crippen LogP contribution in [0.25, 0.3) is 6.08 Å². The topological polar surface area (TPSA) is 57.6 Å². The summed E-state index contributed by atoms with van der Waals surface area (Å²) in [6.07, 6.45) is 1.29. The van der Waals surface area contributed by atoms with Gasteiger partial charge in [0.2, 0.25) is 0 Å². The minimum atomic E-state index is -1.26. The molecule has 0 saturated carbocycles. The lowest BCUT2D eigenvalue weighted by Crippen LogP contribution is -2.37. The molecule has 2 aromatic rings. The van der Waals surface area contributed by atoms with E-state index >= 15 is 0 Å². The number of amides is 1. The highest BCUT2D eigenvalue weighted by Crippen LogP contribution is 2.39. The van der Waals surface area contributed by atoms with Crippen LogP contribution in [-0.2, 0) is 9.59 Å². The Balaban J connectivity index is 2.01. The number of rotatable bonds is 4. The Labute approximate surface area is 163 Å². The number of halogens is 2. The Morgan fingerprint density at radius 1 is 1.23 bits per heavy atom. The van der Waals surface area contributed by atoms with E-state index in [1.54, 1.807) is 30.3 Å². The molecule has 1 amide bonds. The maximum atomic E-state index is 14.0. The number of benzene rings is 2. The number of carboxylic acids is 1. The third-order valence-electron chi connectivity index (χ3n) is 3.71. The van der Waals surface area contributed by atoms with Gasteiger partial charge in [-0.05, 0) is 23.8 Å². The lowest BCUT2D eigenvalue weighted by Gasteiger charge is -2.23. The number of carboxylic acid groups (broad SMARTS) is 1. The summed E-state index contributed by atoms with van der Waals surface area (Å²) in [5, 5.41) is 9.77. The second-order valence-electron chi connectivity index (χ2n) is 5.34. The molecule has 1 aliphatic heterocycles. The molecule has 0 bridgehead atoms. The first-order valence-electron chi connectivity index (χ1n) is 7.39. The third-order valence-corrected chi connectivity index (χ3v) is 5.37. The second kappa shape index (κ2) is 7.57. The van der Waals surface area contributed by atoms with E-state index in [1.165, 1.54) is 24.3 Å². The smallest absolute Gasteiger partial charge is 0.331 e. The number of nitrogens with zero attached hydrogens (tertiary/aromatic N) is 1. The van der Waals surface area contributed by atoms with E-state index in [0.717, 1.165) is 16.7 Å². The van der Waals surface area contributed by atoms with E-state index < -0.39 is 23.7 Å². The molecule has 0 aliphatic carbocycles. The standard InChI is InChI=1S/C18H11ClFNO3S2/c19-12-7-4-8-13(20)11(12)9-14-16(22)21(18(25)26-14)15(17(23)24)10-5-2-1-3-6-10/h1-9,15H,(H,23,24)/b14-9+/t15-/m0/s1. The van der Waals surface area contributed by atoms with E-state index in [9.17, 15) is 19.1 Å². The average Bonchev–Trinajstić information content (AvgIpc) is 2.87. The van der Waals surface area contributed by atoms with Gasteiger partial charge in [-0.2, -0.15) is 0 Å². The first-order valence-corrected chi connectivity index (χ1v) is 8.99. The molecule has 1 aliphatic rings. The van der Waals surface area contributed by atoms with Gasteiger partial charge in [-0.25, -0.2) is 9.18 Å². The molecule has 0 unspecified atom stereocenters. The molecule has 0 radical (unpaired) electrons. The monoisotopic (exact) mass is 407 g/mol. The second-order valence-corrected chi connectivity index (χ2v) is 7.42. The van der Waals surface area contributed by atoms with Gasteiger partial charge < -0.3 is 5.11 Å². The van der Waals surface area contributed by atoms with Gasteiger partial charge >= 0.3 is 5.97 Å². The highest BCUT2D eigenvalue weighted by molar-refractivity contribution is 8.26. The van der Waals surface area contributed by atoms with Crippen LogP contribution in [0.3, 0.4) is 0 Å².